The second kappa shape index (κ2) is 5.36. The summed E-state index contributed by atoms with van der Waals surface area (Å²) >= 11 is 3.40. The van der Waals surface area contributed by atoms with Crippen LogP contribution in [0.4, 0.5) is 0 Å². The van der Waals surface area contributed by atoms with E-state index in [0.717, 1.165) is 16.5 Å². The molecule has 3 nitrogen and oxygen atoms in total. The van der Waals surface area contributed by atoms with Gasteiger partial charge in [0, 0.05) is 23.0 Å². The second-order valence-electron chi connectivity index (χ2n) is 4.36. The number of aryl methyl sites for hydroxylation is 1. The number of aromatic nitrogens is 2. The summed E-state index contributed by atoms with van der Waals surface area (Å²) in [7, 11) is 1.96. The van der Waals surface area contributed by atoms with E-state index in [4.69, 9.17) is 4.98 Å². The number of nitrogens with zero attached hydrogens (tertiary/aromatic N) is 2. The molecule has 0 saturated carbocycles. The van der Waals surface area contributed by atoms with Crippen LogP contribution in [-0.2, 0) is 6.54 Å². The van der Waals surface area contributed by atoms with E-state index in [9.17, 15) is 0 Å². The summed E-state index contributed by atoms with van der Waals surface area (Å²) in [4.78, 5) is 7.00. The molecule has 3 aromatic rings. The van der Waals surface area contributed by atoms with Crippen molar-refractivity contribution in [3.05, 3.63) is 47.1 Å². The summed E-state index contributed by atoms with van der Waals surface area (Å²) in [6.45, 7) is 2.93. The topological polar surface area (TPSA) is 29.3 Å². The molecule has 3 rings (SSSR count). The van der Waals surface area contributed by atoms with Crippen molar-refractivity contribution in [3.63, 3.8) is 0 Å². The predicted octanol–water partition coefficient (Wildman–Crippen LogP) is 3.57. The third-order valence-corrected chi connectivity index (χ3v) is 4.69. The molecule has 0 fully saturated rings. The maximum Gasteiger partial charge on any atom is 0.194 e. The molecule has 0 aliphatic carbocycles. The molecule has 2 aromatic heterocycles. The lowest BCUT2D eigenvalue weighted by molar-refractivity contribution is 0.765. The molecule has 1 aromatic carbocycles. The highest BCUT2D eigenvalue weighted by Crippen LogP contribution is 2.31. The van der Waals surface area contributed by atoms with Crippen molar-refractivity contribution in [2.75, 3.05) is 7.05 Å². The zero-order chi connectivity index (χ0) is 13.2. The summed E-state index contributed by atoms with van der Waals surface area (Å²) in [5.74, 6) is 0. The van der Waals surface area contributed by atoms with Crippen LogP contribution >= 0.6 is 23.1 Å². The van der Waals surface area contributed by atoms with E-state index < -0.39 is 0 Å². The predicted molar refractivity (Wildman–Crippen MR) is 81.1 cm³/mol. The Kier molecular flexibility index (Phi) is 3.59. The second-order valence-corrected chi connectivity index (χ2v) is 6.30. The Balaban J connectivity index is 1.97. The van der Waals surface area contributed by atoms with E-state index >= 15 is 0 Å². The minimum atomic E-state index is 0.825. The maximum atomic E-state index is 4.71. The zero-order valence-electron chi connectivity index (χ0n) is 10.9. The lowest BCUT2D eigenvalue weighted by Gasteiger charge is -2.03. The number of imidazole rings is 1. The third-order valence-electron chi connectivity index (χ3n) is 2.90. The first-order chi connectivity index (χ1) is 9.28. The van der Waals surface area contributed by atoms with Gasteiger partial charge in [0.1, 0.15) is 5.03 Å². The highest BCUT2D eigenvalue weighted by Gasteiger charge is 2.13. The van der Waals surface area contributed by atoms with E-state index in [1.54, 1.807) is 23.1 Å². The summed E-state index contributed by atoms with van der Waals surface area (Å²) < 4.78 is 2.16. The SMILES string of the molecule is CNCc1c(Sc2ccc(C)cc2)nc2sccn12. The van der Waals surface area contributed by atoms with Crippen molar-refractivity contribution in [2.24, 2.45) is 0 Å². The van der Waals surface area contributed by atoms with E-state index in [2.05, 4.69) is 52.5 Å². The molecule has 1 N–H and O–H groups in total. The van der Waals surface area contributed by atoms with Crippen LogP contribution in [0.25, 0.3) is 4.96 Å². The molecule has 0 saturated heterocycles. The van der Waals surface area contributed by atoms with Crippen LogP contribution in [-0.4, -0.2) is 16.4 Å². The van der Waals surface area contributed by atoms with E-state index in [0.29, 0.717) is 0 Å². The average molecular weight is 289 g/mol. The van der Waals surface area contributed by atoms with E-state index in [1.807, 2.05) is 7.05 Å². The smallest absolute Gasteiger partial charge is 0.194 e. The van der Waals surface area contributed by atoms with Gasteiger partial charge in [0.2, 0.25) is 0 Å². The lowest BCUT2D eigenvalue weighted by Crippen LogP contribution is -2.07. The van der Waals surface area contributed by atoms with Gasteiger partial charge < -0.3 is 5.32 Å². The Hall–Kier alpha value is -1.30. The number of rotatable bonds is 4. The molecule has 0 spiro atoms. The van der Waals surface area contributed by atoms with Gasteiger partial charge in [-0.25, -0.2) is 4.98 Å². The molecule has 0 bridgehead atoms. The summed E-state index contributed by atoms with van der Waals surface area (Å²) in [6.07, 6.45) is 2.08. The van der Waals surface area contributed by atoms with Crippen molar-refractivity contribution >= 4 is 28.1 Å². The van der Waals surface area contributed by atoms with Gasteiger partial charge in [0.15, 0.2) is 4.96 Å². The van der Waals surface area contributed by atoms with Crippen molar-refractivity contribution < 1.29 is 0 Å². The van der Waals surface area contributed by atoms with Gasteiger partial charge in [0.05, 0.1) is 5.69 Å². The quantitative estimate of drug-likeness (QED) is 0.796. The highest BCUT2D eigenvalue weighted by atomic mass is 32.2. The van der Waals surface area contributed by atoms with Crippen LogP contribution in [0.15, 0.2) is 45.8 Å². The largest absolute Gasteiger partial charge is 0.314 e. The summed E-state index contributed by atoms with van der Waals surface area (Å²) in [5.41, 5.74) is 2.51. The van der Waals surface area contributed by atoms with Gasteiger partial charge in [-0.05, 0) is 26.1 Å². The fourth-order valence-electron chi connectivity index (χ4n) is 1.94. The molecular formula is C14H15N3S2. The van der Waals surface area contributed by atoms with Crippen molar-refractivity contribution in [1.82, 2.24) is 14.7 Å². The molecule has 0 amide bonds. The number of benzene rings is 1. The fraction of sp³-hybridized carbons (Fsp3) is 0.214. The van der Waals surface area contributed by atoms with Gasteiger partial charge in [-0.3, -0.25) is 4.40 Å². The van der Waals surface area contributed by atoms with Crippen LogP contribution in [0.1, 0.15) is 11.3 Å². The fourth-order valence-corrected chi connectivity index (χ4v) is 3.65. The van der Waals surface area contributed by atoms with Gasteiger partial charge in [-0.1, -0.05) is 29.5 Å². The van der Waals surface area contributed by atoms with Crippen molar-refractivity contribution in [3.8, 4) is 0 Å². The van der Waals surface area contributed by atoms with Crippen molar-refractivity contribution in [1.29, 1.82) is 0 Å². The van der Waals surface area contributed by atoms with Crippen LogP contribution < -0.4 is 5.32 Å². The number of hydrogen-bond donors (Lipinski definition) is 1. The molecule has 2 heterocycles. The van der Waals surface area contributed by atoms with Crippen molar-refractivity contribution in [2.45, 2.75) is 23.4 Å². The summed E-state index contributed by atoms with van der Waals surface area (Å²) in [6, 6.07) is 8.57. The first-order valence-electron chi connectivity index (χ1n) is 6.11. The molecule has 0 aliphatic heterocycles. The van der Waals surface area contributed by atoms with Gasteiger partial charge in [-0.15, -0.1) is 11.3 Å². The first-order valence-corrected chi connectivity index (χ1v) is 7.81. The van der Waals surface area contributed by atoms with E-state index in [-0.39, 0.29) is 0 Å². The molecule has 98 valence electrons. The van der Waals surface area contributed by atoms with Crippen LogP contribution in [0, 0.1) is 6.92 Å². The first kappa shape index (κ1) is 12.7. The third kappa shape index (κ3) is 2.54. The standard InChI is InChI=1S/C14H15N3S2/c1-10-3-5-11(6-4-10)19-13-12(9-15-2)17-7-8-18-14(17)16-13/h3-8,15H,9H2,1-2H3. The van der Waals surface area contributed by atoms with E-state index in [1.165, 1.54) is 16.2 Å². The Morgan fingerprint density at radius 3 is 2.84 bits per heavy atom. The monoisotopic (exact) mass is 289 g/mol. The molecular weight excluding hydrogens is 274 g/mol. The normalized spacial score (nSPS) is 11.3. The van der Waals surface area contributed by atoms with Gasteiger partial charge in [0.25, 0.3) is 0 Å². The minimum Gasteiger partial charge on any atom is -0.314 e. The van der Waals surface area contributed by atoms with Crippen LogP contribution in [0.3, 0.4) is 0 Å². The Labute approximate surface area is 120 Å². The van der Waals surface area contributed by atoms with Gasteiger partial charge in [-0.2, -0.15) is 0 Å². The lowest BCUT2D eigenvalue weighted by atomic mass is 10.2. The molecule has 0 atom stereocenters. The molecule has 19 heavy (non-hydrogen) atoms. The zero-order valence-corrected chi connectivity index (χ0v) is 12.5. The summed E-state index contributed by atoms with van der Waals surface area (Å²) in [5, 5.41) is 6.38. The number of hydrogen-bond acceptors (Lipinski definition) is 4. The molecule has 0 radical (unpaired) electrons. The highest BCUT2D eigenvalue weighted by molar-refractivity contribution is 7.99. The number of nitrogens with one attached hydrogen (secondary N) is 1. The Morgan fingerprint density at radius 1 is 1.32 bits per heavy atom. The maximum absolute atomic E-state index is 4.71. The minimum absolute atomic E-state index is 0.825. The Morgan fingerprint density at radius 2 is 2.11 bits per heavy atom. The van der Waals surface area contributed by atoms with Gasteiger partial charge >= 0.3 is 0 Å². The van der Waals surface area contributed by atoms with Crippen LogP contribution in [0.2, 0.25) is 0 Å². The Bertz CT molecular complexity index is 682. The average Bonchev–Trinajstić information content (AvgIpc) is 2.96. The van der Waals surface area contributed by atoms with Crippen LogP contribution in [0.5, 0.6) is 0 Å². The number of thiazole rings is 1. The molecule has 0 aliphatic rings. The molecule has 5 heteroatoms. The molecule has 0 unspecified atom stereocenters. The number of fused-ring (bicyclic) bond motifs is 1.